The molecule has 4 rings (SSSR count). The van der Waals surface area contributed by atoms with Gasteiger partial charge in [0.05, 0.1) is 21.7 Å². The molecule has 0 aliphatic carbocycles. The zero-order valence-electron chi connectivity index (χ0n) is 16.0. The van der Waals surface area contributed by atoms with Crippen molar-refractivity contribution >= 4 is 72.9 Å². The highest BCUT2D eigenvalue weighted by Crippen LogP contribution is 2.33. The fraction of sp³-hybridized carbons (Fsp3) is 0.143. The third-order valence-electron chi connectivity index (χ3n) is 4.19. The first-order valence-corrected chi connectivity index (χ1v) is 11.2. The fourth-order valence-corrected chi connectivity index (χ4v) is 5.02. The Balaban J connectivity index is 1.43. The smallest absolute Gasteiger partial charge is 0.266 e. The molecule has 2 heterocycles. The molecule has 0 bridgehead atoms. The minimum Gasteiger partial charge on any atom is -0.494 e. The number of fused-ring (bicyclic) bond motifs is 1. The van der Waals surface area contributed by atoms with Crippen molar-refractivity contribution < 1.29 is 14.3 Å². The van der Waals surface area contributed by atoms with E-state index in [1.54, 1.807) is 6.08 Å². The number of hydrogen-bond donors (Lipinski definition) is 1. The van der Waals surface area contributed by atoms with Crippen molar-refractivity contribution in [2.75, 3.05) is 18.5 Å². The van der Waals surface area contributed by atoms with Gasteiger partial charge in [-0.1, -0.05) is 65.6 Å². The summed E-state index contributed by atoms with van der Waals surface area (Å²) in [6, 6.07) is 15.1. The second-order valence-corrected chi connectivity index (χ2v) is 9.01. The van der Waals surface area contributed by atoms with Gasteiger partial charge >= 0.3 is 0 Å². The van der Waals surface area contributed by atoms with E-state index in [-0.39, 0.29) is 18.4 Å². The second-order valence-electron chi connectivity index (χ2n) is 6.31. The van der Waals surface area contributed by atoms with E-state index in [4.69, 9.17) is 17.0 Å². The fourth-order valence-electron chi connectivity index (χ4n) is 2.85. The summed E-state index contributed by atoms with van der Waals surface area (Å²) in [4.78, 5) is 31.4. The largest absolute Gasteiger partial charge is 0.494 e. The number of thiocarbonyl (C=S) groups is 1. The van der Waals surface area contributed by atoms with E-state index >= 15 is 0 Å². The van der Waals surface area contributed by atoms with Crippen LogP contribution in [0, 0.1) is 0 Å². The molecule has 152 valence electrons. The van der Waals surface area contributed by atoms with Crippen molar-refractivity contribution in [2.45, 2.75) is 6.92 Å². The maximum Gasteiger partial charge on any atom is 0.266 e. The molecule has 1 aliphatic heterocycles. The number of ether oxygens (including phenoxy) is 1. The molecule has 0 saturated carbocycles. The van der Waals surface area contributed by atoms with E-state index in [2.05, 4.69) is 10.3 Å². The van der Waals surface area contributed by atoms with E-state index < -0.39 is 0 Å². The molecule has 2 aromatic carbocycles. The zero-order chi connectivity index (χ0) is 21.1. The number of thiazole rings is 1. The normalized spacial score (nSPS) is 15.2. The molecule has 1 N–H and O–H groups in total. The Bertz CT molecular complexity index is 1160. The summed E-state index contributed by atoms with van der Waals surface area (Å²) in [6.07, 6.45) is 1.78. The molecule has 3 aromatic rings. The van der Waals surface area contributed by atoms with Crippen molar-refractivity contribution in [1.82, 2.24) is 9.88 Å². The first-order chi connectivity index (χ1) is 14.5. The molecule has 0 atom stereocenters. The van der Waals surface area contributed by atoms with Gasteiger partial charge in [0.2, 0.25) is 5.91 Å². The average molecular weight is 456 g/mol. The van der Waals surface area contributed by atoms with Crippen LogP contribution in [-0.2, 0) is 9.59 Å². The first-order valence-electron chi connectivity index (χ1n) is 9.17. The summed E-state index contributed by atoms with van der Waals surface area (Å²) >= 11 is 7.85. The first kappa shape index (κ1) is 20.5. The third-order valence-corrected chi connectivity index (χ3v) is 6.50. The van der Waals surface area contributed by atoms with Gasteiger partial charge in [-0.05, 0) is 36.8 Å². The van der Waals surface area contributed by atoms with E-state index in [1.807, 2.05) is 55.5 Å². The highest BCUT2D eigenvalue weighted by Gasteiger charge is 2.33. The van der Waals surface area contributed by atoms with Crippen LogP contribution in [0.15, 0.2) is 53.4 Å². The number of anilines is 1. The summed E-state index contributed by atoms with van der Waals surface area (Å²) in [5.74, 6) is 0.139. The Kier molecular flexibility index (Phi) is 6.12. The molecule has 0 spiro atoms. The second kappa shape index (κ2) is 8.95. The van der Waals surface area contributed by atoms with Crippen molar-refractivity contribution in [3.8, 4) is 5.75 Å². The quantitative estimate of drug-likeness (QED) is 0.435. The molecular weight excluding hydrogens is 438 g/mol. The van der Waals surface area contributed by atoms with E-state index in [9.17, 15) is 9.59 Å². The number of aromatic nitrogens is 1. The van der Waals surface area contributed by atoms with Crippen LogP contribution < -0.4 is 10.1 Å². The van der Waals surface area contributed by atoms with Crippen LogP contribution in [0.5, 0.6) is 5.75 Å². The average Bonchev–Trinajstić information content (AvgIpc) is 3.24. The number of amides is 2. The predicted octanol–water partition coefficient (Wildman–Crippen LogP) is 4.53. The van der Waals surface area contributed by atoms with Gasteiger partial charge in [0.25, 0.3) is 5.91 Å². The minimum atomic E-state index is -0.351. The van der Waals surface area contributed by atoms with Crippen molar-refractivity contribution in [2.24, 2.45) is 0 Å². The van der Waals surface area contributed by atoms with Crippen LogP contribution in [0.3, 0.4) is 0 Å². The number of hydrogen-bond acceptors (Lipinski definition) is 7. The Morgan fingerprint density at radius 2 is 2.07 bits per heavy atom. The van der Waals surface area contributed by atoms with E-state index in [0.29, 0.717) is 21.0 Å². The van der Waals surface area contributed by atoms with Gasteiger partial charge in [-0.15, -0.1) is 0 Å². The van der Waals surface area contributed by atoms with Gasteiger partial charge in [-0.2, -0.15) is 0 Å². The SMILES string of the molecule is CCOc1ccc2nc(NC(=O)CN3C(=O)/C(=C/c4ccccc4)SC3=S)sc2c1. The van der Waals surface area contributed by atoms with Crippen LogP contribution in [0.2, 0.25) is 0 Å². The van der Waals surface area contributed by atoms with E-state index in [0.717, 1.165) is 21.5 Å². The highest BCUT2D eigenvalue weighted by molar-refractivity contribution is 8.26. The maximum absolute atomic E-state index is 12.7. The molecule has 0 unspecified atom stereocenters. The summed E-state index contributed by atoms with van der Waals surface area (Å²) in [7, 11) is 0. The van der Waals surface area contributed by atoms with Gasteiger partial charge < -0.3 is 10.1 Å². The van der Waals surface area contributed by atoms with Gasteiger partial charge in [0, 0.05) is 0 Å². The summed E-state index contributed by atoms with van der Waals surface area (Å²) < 4.78 is 6.77. The van der Waals surface area contributed by atoms with Crippen molar-refractivity contribution in [3.05, 3.63) is 59.0 Å². The Labute approximate surface area is 186 Å². The number of benzene rings is 2. The van der Waals surface area contributed by atoms with Crippen LogP contribution >= 0.6 is 35.3 Å². The molecule has 1 aliphatic rings. The molecule has 1 aromatic heterocycles. The van der Waals surface area contributed by atoms with Crippen LogP contribution in [0.25, 0.3) is 16.3 Å². The van der Waals surface area contributed by atoms with Gasteiger partial charge in [0.1, 0.15) is 16.6 Å². The number of nitrogens with one attached hydrogen (secondary N) is 1. The number of thioether (sulfide) groups is 1. The van der Waals surface area contributed by atoms with Crippen LogP contribution in [-0.4, -0.2) is 39.2 Å². The third kappa shape index (κ3) is 4.53. The molecular formula is C21H17N3O3S3. The lowest BCUT2D eigenvalue weighted by atomic mass is 10.2. The Morgan fingerprint density at radius 1 is 1.27 bits per heavy atom. The van der Waals surface area contributed by atoms with Crippen LogP contribution in [0.1, 0.15) is 12.5 Å². The standard InChI is InChI=1S/C21H17N3O3S3/c1-2-27-14-8-9-15-16(11-14)29-20(22-15)23-18(25)12-24-19(26)17(30-21(24)28)10-13-6-4-3-5-7-13/h3-11H,2,12H2,1H3,(H,22,23,25)/b17-10-. The molecule has 1 fully saturated rings. The highest BCUT2D eigenvalue weighted by atomic mass is 32.2. The minimum absolute atomic E-state index is 0.156. The summed E-state index contributed by atoms with van der Waals surface area (Å²) in [5.41, 5.74) is 1.68. The predicted molar refractivity (Wildman–Crippen MR) is 126 cm³/mol. The molecule has 0 radical (unpaired) electrons. The lowest BCUT2D eigenvalue weighted by Gasteiger charge is -2.13. The Morgan fingerprint density at radius 3 is 2.83 bits per heavy atom. The molecule has 1 saturated heterocycles. The number of nitrogens with zero attached hydrogens (tertiary/aromatic N) is 2. The monoisotopic (exact) mass is 455 g/mol. The number of rotatable bonds is 6. The van der Waals surface area contributed by atoms with Crippen LogP contribution in [0.4, 0.5) is 5.13 Å². The van der Waals surface area contributed by atoms with E-state index in [1.165, 1.54) is 28.0 Å². The topological polar surface area (TPSA) is 71.5 Å². The summed E-state index contributed by atoms with van der Waals surface area (Å²) in [6.45, 7) is 2.35. The number of carbonyl (C=O) groups is 2. The molecule has 2 amide bonds. The van der Waals surface area contributed by atoms with Crippen molar-refractivity contribution in [1.29, 1.82) is 0 Å². The summed E-state index contributed by atoms with van der Waals surface area (Å²) in [5, 5.41) is 3.23. The maximum atomic E-state index is 12.7. The molecule has 9 heteroatoms. The van der Waals surface area contributed by atoms with Gasteiger partial charge in [-0.3, -0.25) is 14.5 Å². The lowest BCUT2D eigenvalue weighted by molar-refractivity contribution is -0.126. The number of carbonyl (C=O) groups excluding carboxylic acids is 2. The van der Waals surface area contributed by atoms with Crippen molar-refractivity contribution in [3.63, 3.8) is 0 Å². The molecule has 6 nitrogen and oxygen atoms in total. The van der Waals surface area contributed by atoms with Gasteiger partial charge in [-0.25, -0.2) is 4.98 Å². The molecule has 30 heavy (non-hydrogen) atoms. The van der Waals surface area contributed by atoms with Gasteiger partial charge in [0.15, 0.2) is 5.13 Å². The zero-order valence-corrected chi connectivity index (χ0v) is 18.4. The Hall–Kier alpha value is -2.75. The lowest BCUT2D eigenvalue weighted by Crippen LogP contribution is -2.36.